The highest BCUT2D eigenvalue weighted by Gasteiger charge is 2.13. The van der Waals surface area contributed by atoms with Gasteiger partial charge in [0.25, 0.3) is 5.56 Å². The summed E-state index contributed by atoms with van der Waals surface area (Å²) in [6.45, 7) is 2.05. The summed E-state index contributed by atoms with van der Waals surface area (Å²) >= 11 is 8.60. The van der Waals surface area contributed by atoms with Crippen molar-refractivity contribution in [2.24, 2.45) is 0 Å². The molecule has 28 heavy (non-hydrogen) atoms. The van der Waals surface area contributed by atoms with Gasteiger partial charge in [-0.15, -0.1) is 0 Å². The van der Waals surface area contributed by atoms with Gasteiger partial charge in [0, 0.05) is 3.57 Å². The molecule has 5 heteroatoms. The molecule has 0 N–H and O–H groups in total. The van der Waals surface area contributed by atoms with Crippen LogP contribution in [0.25, 0.3) is 28.7 Å². The Bertz CT molecular complexity index is 1260. The quantitative estimate of drug-likeness (QED) is 0.319. The summed E-state index contributed by atoms with van der Waals surface area (Å²) in [7, 11) is 0. The van der Waals surface area contributed by atoms with Crippen molar-refractivity contribution < 1.29 is 0 Å². The standard InChI is InChI=1S/C23H16ClIN2O/c1-15-6-8-16(9-7-15)10-13-22-26-20-12-11-17(25)14-18(20)23(28)27(22)21-5-3-2-4-19(21)24/h2-14H,1H3/b13-10+. The second-order valence-electron chi connectivity index (χ2n) is 6.47. The number of nitrogens with zero attached hydrogens (tertiary/aromatic N) is 2. The van der Waals surface area contributed by atoms with E-state index in [0.717, 1.165) is 9.13 Å². The first-order chi connectivity index (χ1) is 13.5. The number of hydrogen-bond donors (Lipinski definition) is 0. The number of halogens is 2. The number of para-hydroxylation sites is 1. The Morgan fingerprint density at radius 2 is 1.75 bits per heavy atom. The third-order valence-electron chi connectivity index (χ3n) is 4.45. The van der Waals surface area contributed by atoms with E-state index >= 15 is 0 Å². The minimum absolute atomic E-state index is 0.139. The molecule has 4 rings (SSSR count). The van der Waals surface area contributed by atoms with Crippen LogP contribution in [0.3, 0.4) is 0 Å². The van der Waals surface area contributed by atoms with Crippen LogP contribution in [0, 0.1) is 10.5 Å². The Morgan fingerprint density at radius 3 is 2.50 bits per heavy atom. The van der Waals surface area contributed by atoms with Gasteiger partial charge in [-0.05, 0) is 71.5 Å². The molecule has 0 aliphatic rings. The average molecular weight is 499 g/mol. The molecule has 3 aromatic carbocycles. The number of aromatic nitrogens is 2. The number of benzene rings is 3. The molecule has 0 aliphatic heterocycles. The van der Waals surface area contributed by atoms with Crippen molar-refractivity contribution >= 4 is 57.2 Å². The molecule has 3 nitrogen and oxygen atoms in total. The van der Waals surface area contributed by atoms with Gasteiger partial charge < -0.3 is 0 Å². The van der Waals surface area contributed by atoms with E-state index in [1.807, 2.05) is 60.7 Å². The average Bonchev–Trinajstić information content (AvgIpc) is 2.69. The Labute approximate surface area is 181 Å². The van der Waals surface area contributed by atoms with E-state index in [1.165, 1.54) is 5.56 Å². The highest BCUT2D eigenvalue weighted by molar-refractivity contribution is 14.1. The molecular formula is C23H16ClIN2O. The van der Waals surface area contributed by atoms with Gasteiger partial charge >= 0.3 is 0 Å². The highest BCUT2D eigenvalue weighted by atomic mass is 127. The topological polar surface area (TPSA) is 34.9 Å². The summed E-state index contributed by atoms with van der Waals surface area (Å²) in [5, 5.41) is 1.07. The van der Waals surface area contributed by atoms with Gasteiger partial charge in [-0.2, -0.15) is 0 Å². The van der Waals surface area contributed by atoms with E-state index in [0.29, 0.717) is 27.4 Å². The fraction of sp³-hybridized carbons (Fsp3) is 0.0435. The molecule has 0 atom stereocenters. The fourth-order valence-electron chi connectivity index (χ4n) is 3.00. The van der Waals surface area contributed by atoms with Crippen LogP contribution in [0.2, 0.25) is 5.02 Å². The van der Waals surface area contributed by atoms with Gasteiger partial charge in [-0.3, -0.25) is 9.36 Å². The molecular weight excluding hydrogens is 483 g/mol. The van der Waals surface area contributed by atoms with E-state index < -0.39 is 0 Å². The lowest BCUT2D eigenvalue weighted by molar-refractivity contribution is 0.944. The Morgan fingerprint density at radius 1 is 1.00 bits per heavy atom. The van der Waals surface area contributed by atoms with Gasteiger partial charge in [0.1, 0.15) is 5.82 Å². The monoisotopic (exact) mass is 498 g/mol. The van der Waals surface area contributed by atoms with Gasteiger partial charge in [0.05, 0.1) is 21.6 Å². The molecule has 1 aromatic heterocycles. The van der Waals surface area contributed by atoms with Gasteiger partial charge in [-0.25, -0.2) is 4.98 Å². The normalized spacial score (nSPS) is 11.4. The van der Waals surface area contributed by atoms with Crippen LogP contribution in [0.4, 0.5) is 0 Å². The maximum atomic E-state index is 13.3. The Kier molecular flexibility index (Phi) is 5.33. The third kappa shape index (κ3) is 3.75. The summed E-state index contributed by atoms with van der Waals surface area (Å²) in [5.41, 5.74) is 3.38. The zero-order valence-electron chi connectivity index (χ0n) is 15.1. The maximum absolute atomic E-state index is 13.3. The first kappa shape index (κ1) is 18.9. The summed E-state index contributed by atoms with van der Waals surface area (Å²) in [5.74, 6) is 0.535. The van der Waals surface area contributed by atoms with Crippen LogP contribution in [0.1, 0.15) is 17.0 Å². The molecule has 0 aliphatic carbocycles. The molecule has 0 fully saturated rings. The molecule has 0 amide bonds. The van der Waals surface area contributed by atoms with Gasteiger partial charge in [-0.1, -0.05) is 59.6 Å². The minimum atomic E-state index is -0.139. The van der Waals surface area contributed by atoms with Crippen LogP contribution in [-0.2, 0) is 0 Å². The summed E-state index contributed by atoms with van der Waals surface area (Å²) < 4.78 is 2.56. The zero-order valence-corrected chi connectivity index (χ0v) is 18.0. The first-order valence-electron chi connectivity index (χ1n) is 8.75. The van der Waals surface area contributed by atoms with E-state index in [9.17, 15) is 4.79 Å². The second-order valence-corrected chi connectivity index (χ2v) is 8.12. The first-order valence-corrected chi connectivity index (χ1v) is 10.2. The van der Waals surface area contributed by atoms with Crippen LogP contribution in [0.5, 0.6) is 0 Å². The maximum Gasteiger partial charge on any atom is 0.266 e. The van der Waals surface area contributed by atoms with Crippen LogP contribution < -0.4 is 5.56 Å². The van der Waals surface area contributed by atoms with Crippen molar-refractivity contribution in [1.82, 2.24) is 9.55 Å². The number of fused-ring (bicyclic) bond motifs is 1. The number of rotatable bonds is 3. The van der Waals surface area contributed by atoms with Crippen molar-refractivity contribution in [3.63, 3.8) is 0 Å². The van der Waals surface area contributed by atoms with Gasteiger partial charge in [0.15, 0.2) is 0 Å². The number of hydrogen-bond acceptors (Lipinski definition) is 2. The molecule has 0 saturated heterocycles. The fourth-order valence-corrected chi connectivity index (χ4v) is 3.71. The molecule has 0 unspecified atom stereocenters. The lowest BCUT2D eigenvalue weighted by Crippen LogP contribution is -2.22. The van der Waals surface area contributed by atoms with Crippen LogP contribution in [0.15, 0.2) is 71.5 Å². The molecule has 4 aromatic rings. The van der Waals surface area contributed by atoms with Gasteiger partial charge in [0.2, 0.25) is 0 Å². The summed E-state index contributed by atoms with van der Waals surface area (Å²) in [4.78, 5) is 18.1. The SMILES string of the molecule is Cc1ccc(/C=C/c2nc3ccc(I)cc3c(=O)n2-c2ccccc2Cl)cc1. The van der Waals surface area contributed by atoms with Crippen LogP contribution >= 0.6 is 34.2 Å². The van der Waals surface area contributed by atoms with E-state index in [4.69, 9.17) is 16.6 Å². The molecule has 0 bridgehead atoms. The highest BCUT2D eigenvalue weighted by Crippen LogP contribution is 2.22. The summed E-state index contributed by atoms with van der Waals surface area (Å²) in [6, 6.07) is 21.2. The molecule has 0 spiro atoms. The third-order valence-corrected chi connectivity index (χ3v) is 5.44. The minimum Gasteiger partial charge on any atom is -0.268 e. The predicted molar refractivity (Wildman–Crippen MR) is 125 cm³/mol. The van der Waals surface area contributed by atoms with Crippen molar-refractivity contribution in [3.8, 4) is 5.69 Å². The lowest BCUT2D eigenvalue weighted by Gasteiger charge is -2.13. The smallest absolute Gasteiger partial charge is 0.266 e. The molecule has 0 radical (unpaired) electrons. The largest absolute Gasteiger partial charge is 0.268 e. The predicted octanol–water partition coefficient (Wildman–Crippen LogP) is 6.12. The zero-order chi connectivity index (χ0) is 19.7. The van der Waals surface area contributed by atoms with E-state index in [2.05, 4.69) is 41.6 Å². The van der Waals surface area contributed by atoms with E-state index in [-0.39, 0.29) is 5.56 Å². The number of aryl methyl sites for hydroxylation is 1. The van der Waals surface area contributed by atoms with Crippen molar-refractivity contribution in [2.45, 2.75) is 6.92 Å². The van der Waals surface area contributed by atoms with Crippen LogP contribution in [-0.4, -0.2) is 9.55 Å². The molecule has 1 heterocycles. The Hall–Kier alpha value is -2.44. The molecule has 138 valence electrons. The Balaban J connectivity index is 1.97. The molecule has 0 saturated carbocycles. The van der Waals surface area contributed by atoms with Crippen molar-refractivity contribution in [1.29, 1.82) is 0 Å². The van der Waals surface area contributed by atoms with Crippen molar-refractivity contribution in [3.05, 3.63) is 103 Å². The lowest BCUT2D eigenvalue weighted by atomic mass is 10.1. The second kappa shape index (κ2) is 7.89. The van der Waals surface area contributed by atoms with E-state index in [1.54, 1.807) is 10.6 Å². The summed E-state index contributed by atoms with van der Waals surface area (Å²) in [6.07, 6.45) is 3.81. The van der Waals surface area contributed by atoms with Crippen molar-refractivity contribution in [2.75, 3.05) is 0 Å².